The minimum atomic E-state index is -0.343. The number of rotatable bonds is 5. The zero-order chi connectivity index (χ0) is 18.0. The molecule has 0 unspecified atom stereocenters. The van der Waals surface area contributed by atoms with Crippen molar-refractivity contribution in [3.63, 3.8) is 0 Å². The van der Waals surface area contributed by atoms with Crippen LogP contribution in [0.1, 0.15) is 44.6 Å². The van der Waals surface area contributed by atoms with Gasteiger partial charge in [0.05, 0.1) is 11.8 Å². The molecule has 1 saturated heterocycles. The molecular weight excluding hydrogens is 316 g/mol. The van der Waals surface area contributed by atoms with Crippen LogP contribution in [0.25, 0.3) is 0 Å². The molecule has 1 heterocycles. The van der Waals surface area contributed by atoms with E-state index in [2.05, 4.69) is 19.2 Å². The molecule has 5 nitrogen and oxygen atoms in total. The number of carbonyl (C=O) groups excluding carboxylic acids is 3. The molecule has 25 heavy (non-hydrogen) atoms. The van der Waals surface area contributed by atoms with Crippen LogP contribution in [0.4, 0.5) is 5.69 Å². The van der Waals surface area contributed by atoms with E-state index in [1.54, 1.807) is 0 Å². The van der Waals surface area contributed by atoms with Crippen molar-refractivity contribution in [3.8, 4) is 0 Å². The maximum atomic E-state index is 12.4. The minimum Gasteiger partial charge on any atom is -0.325 e. The Balaban J connectivity index is 1.61. The Morgan fingerprint density at radius 2 is 1.68 bits per heavy atom. The van der Waals surface area contributed by atoms with E-state index in [9.17, 15) is 14.4 Å². The van der Waals surface area contributed by atoms with Crippen molar-refractivity contribution in [2.45, 2.75) is 39.0 Å². The Morgan fingerprint density at radius 1 is 1.12 bits per heavy atom. The summed E-state index contributed by atoms with van der Waals surface area (Å²) in [5, 5.41) is 2.77. The summed E-state index contributed by atoms with van der Waals surface area (Å²) in [5.41, 5.74) is 1.90. The Morgan fingerprint density at radius 3 is 2.20 bits per heavy atom. The largest absolute Gasteiger partial charge is 0.325 e. The molecule has 1 aliphatic heterocycles. The fourth-order valence-electron chi connectivity index (χ4n) is 3.50. The lowest BCUT2D eigenvalue weighted by atomic mass is 9.85. The Bertz CT molecular complexity index is 682. The van der Waals surface area contributed by atoms with Crippen LogP contribution >= 0.6 is 0 Å². The van der Waals surface area contributed by atoms with E-state index in [0.29, 0.717) is 24.4 Å². The van der Waals surface area contributed by atoms with Gasteiger partial charge in [0.2, 0.25) is 17.7 Å². The number of carbonyl (C=O) groups is 3. The highest BCUT2D eigenvalue weighted by atomic mass is 16.2. The van der Waals surface area contributed by atoms with E-state index >= 15 is 0 Å². The van der Waals surface area contributed by atoms with Gasteiger partial charge in [0.1, 0.15) is 6.54 Å². The molecule has 0 radical (unpaired) electrons. The number of hydrogen-bond donors (Lipinski definition) is 1. The first-order valence-electron chi connectivity index (χ1n) is 8.91. The van der Waals surface area contributed by atoms with Crippen molar-refractivity contribution in [2.24, 2.45) is 11.8 Å². The number of fused-ring (bicyclic) bond motifs is 1. The molecule has 1 fully saturated rings. The fourth-order valence-corrected chi connectivity index (χ4v) is 3.50. The molecule has 1 aromatic carbocycles. The van der Waals surface area contributed by atoms with E-state index in [1.807, 2.05) is 36.4 Å². The standard InChI is InChI=1S/C20H24N2O3/c1-3-13(2)14-8-10-15(11-9-14)21-18(23)12-22-19(24)16-6-4-5-7-17(16)20(22)25/h4-5,8-11,13,16-17H,3,6-7,12H2,1-2H3,(H,21,23)/t13-,16-,17+/m1/s1. The van der Waals surface area contributed by atoms with Crippen molar-refractivity contribution in [1.29, 1.82) is 0 Å². The zero-order valence-corrected chi connectivity index (χ0v) is 14.7. The quantitative estimate of drug-likeness (QED) is 0.662. The summed E-state index contributed by atoms with van der Waals surface area (Å²) in [6, 6.07) is 7.71. The SMILES string of the molecule is CC[C@@H](C)c1ccc(NC(=O)CN2C(=O)[C@H]3CC=CC[C@H]3C2=O)cc1. The second kappa shape index (κ2) is 7.21. The van der Waals surface area contributed by atoms with E-state index < -0.39 is 0 Å². The highest BCUT2D eigenvalue weighted by molar-refractivity contribution is 6.08. The van der Waals surface area contributed by atoms with E-state index in [1.165, 1.54) is 5.56 Å². The Hall–Kier alpha value is -2.43. The van der Waals surface area contributed by atoms with Gasteiger partial charge in [-0.05, 0) is 42.9 Å². The van der Waals surface area contributed by atoms with E-state index in [4.69, 9.17) is 0 Å². The smallest absolute Gasteiger partial charge is 0.244 e. The van der Waals surface area contributed by atoms with E-state index in [-0.39, 0.29) is 36.1 Å². The van der Waals surface area contributed by atoms with Gasteiger partial charge in [0, 0.05) is 5.69 Å². The monoisotopic (exact) mass is 340 g/mol. The highest BCUT2D eigenvalue weighted by Gasteiger charge is 2.47. The van der Waals surface area contributed by atoms with Crippen LogP contribution in [0.2, 0.25) is 0 Å². The summed E-state index contributed by atoms with van der Waals surface area (Å²) < 4.78 is 0. The van der Waals surface area contributed by atoms with Crippen LogP contribution in [-0.4, -0.2) is 29.2 Å². The molecule has 0 spiro atoms. The normalized spacial score (nSPS) is 23.5. The van der Waals surface area contributed by atoms with Crippen molar-refractivity contribution >= 4 is 23.4 Å². The van der Waals surface area contributed by atoms with Crippen LogP contribution in [0, 0.1) is 11.8 Å². The first kappa shape index (κ1) is 17.4. The third-order valence-electron chi connectivity index (χ3n) is 5.28. The van der Waals surface area contributed by atoms with Crippen molar-refractivity contribution in [1.82, 2.24) is 4.90 Å². The lowest BCUT2D eigenvalue weighted by Crippen LogP contribution is -2.38. The van der Waals surface area contributed by atoms with E-state index in [0.717, 1.165) is 11.3 Å². The lowest BCUT2D eigenvalue weighted by Gasteiger charge is -2.15. The number of anilines is 1. The summed E-state index contributed by atoms with van der Waals surface area (Å²) >= 11 is 0. The number of likely N-dealkylation sites (tertiary alicyclic amines) is 1. The predicted octanol–water partition coefficient (Wildman–Crippen LogP) is 3.09. The molecule has 3 rings (SSSR count). The highest BCUT2D eigenvalue weighted by Crippen LogP contribution is 2.34. The van der Waals surface area contributed by atoms with Crippen LogP contribution in [0.15, 0.2) is 36.4 Å². The summed E-state index contributed by atoms with van der Waals surface area (Å²) in [7, 11) is 0. The Labute approximate surface area is 148 Å². The van der Waals surface area contributed by atoms with Gasteiger partial charge in [-0.15, -0.1) is 0 Å². The van der Waals surface area contributed by atoms with Gasteiger partial charge in [0.25, 0.3) is 0 Å². The van der Waals surface area contributed by atoms with Gasteiger partial charge in [-0.1, -0.05) is 38.1 Å². The average molecular weight is 340 g/mol. The number of nitrogens with zero attached hydrogens (tertiary/aromatic N) is 1. The number of amides is 3. The van der Waals surface area contributed by atoms with Crippen molar-refractivity contribution < 1.29 is 14.4 Å². The summed E-state index contributed by atoms with van der Waals surface area (Å²) in [6.45, 7) is 4.09. The number of benzene rings is 1. The Kier molecular flexibility index (Phi) is 5.02. The van der Waals surface area contributed by atoms with Gasteiger partial charge in [-0.25, -0.2) is 0 Å². The van der Waals surface area contributed by atoms with Gasteiger partial charge >= 0.3 is 0 Å². The van der Waals surface area contributed by atoms with Crippen LogP contribution in [0.3, 0.4) is 0 Å². The van der Waals surface area contributed by atoms with Crippen LogP contribution < -0.4 is 5.32 Å². The van der Waals surface area contributed by atoms with Gasteiger partial charge in [-0.2, -0.15) is 0 Å². The molecule has 1 N–H and O–H groups in total. The number of imide groups is 1. The van der Waals surface area contributed by atoms with Crippen LogP contribution in [-0.2, 0) is 14.4 Å². The molecule has 1 aliphatic carbocycles. The maximum Gasteiger partial charge on any atom is 0.244 e. The molecule has 0 saturated carbocycles. The molecule has 3 atom stereocenters. The molecule has 3 amide bonds. The summed E-state index contributed by atoms with van der Waals surface area (Å²) in [5.74, 6) is -0.894. The molecule has 0 bridgehead atoms. The molecule has 2 aliphatic rings. The third kappa shape index (κ3) is 3.50. The van der Waals surface area contributed by atoms with Crippen molar-refractivity contribution in [3.05, 3.63) is 42.0 Å². The number of nitrogens with one attached hydrogen (secondary N) is 1. The molecule has 0 aromatic heterocycles. The van der Waals surface area contributed by atoms with Gasteiger partial charge in [-0.3, -0.25) is 19.3 Å². The van der Waals surface area contributed by atoms with Gasteiger partial charge < -0.3 is 5.32 Å². The summed E-state index contributed by atoms with van der Waals surface area (Å²) in [4.78, 5) is 38.1. The number of allylic oxidation sites excluding steroid dienone is 2. The van der Waals surface area contributed by atoms with Gasteiger partial charge in [0.15, 0.2) is 0 Å². The third-order valence-corrected chi connectivity index (χ3v) is 5.28. The molecular formula is C20H24N2O3. The minimum absolute atomic E-state index is 0.211. The second-order valence-corrected chi connectivity index (χ2v) is 6.90. The van der Waals surface area contributed by atoms with Crippen LogP contribution in [0.5, 0.6) is 0 Å². The predicted molar refractivity (Wildman–Crippen MR) is 95.9 cm³/mol. The first-order chi connectivity index (χ1) is 12.0. The maximum absolute atomic E-state index is 12.4. The summed E-state index contributed by atoms with van der Waals surface area (Å²) in [6.07, 6.45) is 6.11. The molecule has 1 aromatic rings. The average Bonchev–Trinajstić information content (AvgIpc) is 2.87. The zero-order valence-electron chi connectivity index (χ0n) is 14.7. The molecule has 5 heteroatoms. The second-order valence-electron chi connectivity index (χ2n) is 6.90. The molecule has 132 valence electrons. The number of hydrogen-bond acceptors (Lipinski definition) is 3. The fraction of sp³-hybridized carbons (Fsp3) is 0.450. The van der Waals surface area contributed by atoms with Crippen molar-refractivity contribution in [2.75, 3.05) is 11.9 Å². The first-order valence-corrected chi connectivity index (χ1v) is 8.91. The topological polar surface area (TPSA) is 66.5 Å². The lowest BCUT2D eigenvalue weighted by molar-refractivity contribution is -0.142.